The Bertz CT molecular complexity index is 948. The maximum Gasteiger partial charge on any atom is 0.225 e. The molecule has 0 radical (unpaired) electrons. The number of amides is 1. The van der Waals surface area contributed by atoms with E-state index in [9.17, 15) is 4.79 Å². The highest BCUT2D eigenvalue weighted by Crippen LogP contribution is 2.18. The number of nitrogens with zero attached hydrogens (tertiary/aromatic N) is 1. The average molecular weight is 344 g/mol. The van der Waals surface area contributed by atoms with Crippen LogP contribution in [0.1, 0.15) is 11.3 Å². The minimum atomic E-state index is -0.0423. The molecule has 0 saturated carbocycles. The van der Waals surface area contributed by atoms with Gasteiger partial charge in [0.1, 0.15) is 12.4 Å². The van der Waals surface area contributed by atoms with Gasteiger partial charge in [0, 0.05) is 5.69 Å². The van der Waals surface area contributed by atoms with E-state index in [1.165, 1.54) is 0 Å². The van der Waals surface area contributed by atoms with Crippen molar-refractivity contribution in [3.05, 3.63) is 72.1 Å². The number of fused-ring (bicyclic) bond motifs is 1. The summed E-state index contributed by atoms with van der Waals surface area (Å²) < 4.78 is 5.46. The molecule has 0 saturated heterocycles. The monoisotopic (exact) mass is 344 g/mol. The molecule has 0 aliphatic carbocycles. The van der Waals surface area contributed by atoms with Crippen LogP contribution < -0.4 is 10.1 Å². The summed E-state index contributed by atoms with van der Waals surface area (Å²) >= 11 is 0. The third-order valence-corrected chi connectivity index (χ3v) is 3.93. The fourth-order valence-electron chi connectivity index (χ4n) is 2.60. The van der Waals surface area contributed by atoms with Gasteiger partial charge in [-0.15, -0.1) is 0 Å². The molecule has 3 aromatic rings. The summed E-state index contributed by atoms with van der Waals surface area (Å²) in [6.45, 7) is 2.49. The summed E-state index contributed by atoms with van der Waals surface area (Å²) in [5.41, 5.74) is 1.96. The maximum absolute atomic E-state index is 12.1. The van der Waals surface area contributed by atoms with E-state index in [-0.39, 0.29) is 12.5 Å². The molecule has 1 aromatic heterocycles. The number of rotatable bonds is 5. The van der Waals surface area contributed by atoms with Gasteiger partial charge in [0.15, 0.2) is 0 Å². The van der Waals surface area contributed by atoms with Crippen molar-refractivity contribution in [3.8, 4) is 17.6 Å². The van der Waals surface area contributed by atoms with Gasteiger partial charge in [-0.3, -0.25) is 9.78 Å². The molecule has 0 aliphatic rings. The molecular formula is C22H20N2O2. The van der Waals surface area contributed by atoms with Gasteiger partial charge in [0.05, 0.1) is 19.2 Å². The molecule has 130 valence electrons. The molecule has 0 fully saturated rings. The number of hydrogen-bond acceptors (Lipinski definition) is 3. The average Bonchev–Trinajstić information content (AvgIpc) is 2.66. The zero-order chi connectivity index (χ0) is 18.2. The Balaban J connectivity index is 1.45. The maximum atomic E-state index is 12.1. The highest BCUT2D eigenvalue weighted by atomic mass is 16.5. The zero-order valence-electron chi connectivity index (χ0n) is 14.7. The van der Waals surface area contributed by atoms with Gasteiger partial charge in [0.2, 0.25) is 5.91 Å². The Hall–Kier alpha value is -3.32. The minimum Gasteiger partial charge on any atom is -0.479 e. The first-order valence-corrected chi connectivity index (χ1v) is 8.47. The predicted molar refractivity (Wildman–Crippen MR) is 103 cm³/mol. The number of carbonyl (C=O) groups is 1. The first-order valence-electron chi connectivity index (χ1n) is 8.47. The number of aryl methyl sites for hydroxylation is 1. The number of ether oxygens (including phenoxy) is 1. The van der Waals surface area contributed by atoms with E-state index in [0.29, 0.717) is 18.7 Å². The molecule has 0 bridgehead atoms. The van der Waals surface area contributed by atoms with Gasteiger partial charge in [-0.1, -0.05) is 54.3 Å². The lowest BCUT2D eigenvalue weighted by Gasteiger charge is -2.06. The molecule has 0 aliphatic heterocycles. The Morgan fingerprint density at radius 3 is 2.77 bits per heavy atom. The van der Waals surface area contributed by atoms with Crippen LogP contribution in [0.2, 0.25) is 0 Å². The number of aromatic nitrogens is 1. The largest absolute Gasteiger partial charge is 0.479 e. The zero-order valence-corrected chi connectivity index (χ0v) is 14.7. The topological polar surface area (TPSA) is 51.2 Å². The summed E-state index contributed by atoms with van der Waals surface area (Å²) in [7, 11) is 0. The summed E-state index contributed by atoms with van der Waals surface area (Å²) in [5, 5.41) is 5.07. The molecule has 4 heteroatoms. The van der Waals surface area contributed by atoms with Crippen molar-refractivity contribution in [1.82, 2.24) is 10.3 Å². The summed E-state index contributed by atoms with van der Waals surface area (Å²) in [5.74, 6) is 6.42. The van der Waals surface area contributed by atoms with E-state index in [1.807, 2.05) is 61.5 Å². The van der Waals surface area contributed by atoms with Crippen LogP contribution in [0.3, 0.4) is 0 Å². The van der Waals surface area contributed by atoms with Crippen molar-refractivity contribution in [2.24, 2.45) is 0 Å². The molecule has 3 rings (SSSR count). The molecule has 2 aromatic carbocycles. The Kier molecular flexibility index (Phi) is 5.84. The van der Waals surface area contributed by atoms with Crippen LogP contribution in [0.4, 0.5) is 0 Å². The number of hydrogen-bond donors (Lipinski definition) is 1. The van der Waals surface area contributed by atoms with Crippen LogP contribution in [0.5, 0.6) is 5.75 Å². The third kappa shape index (κ3) is 4.84. The Morgan fingerprint density at radius 2 is 1.92 bits per heavy atom. The summed E-state index contributed by atoms with van der Waals surface area (Å²) in [6.07, 6.45) is 2.01. The molecule has 26 heavy (non-hydrogen) atoms. The molecule has 0 unspecified atom stereocenters. The number of pyridine rings is 1. The van der Waals surface area contributed by atoms with Crippen LogP contribution in [0.15, 0.2) is 60.8 Å². The molecule has 0 spiro atoms. The lowest BCUT2D eigenvalue weighted by Crippen LogP contribution is -2.25. The van der Waals surface area contributed by atoms with Crippen molar-refractivity contribution in [1.29, 1.82) is 0 Å². The molecule has 1 N–H and O–H groups in total. The Morgan fingerprint density at radius 1 is 1.08 bits per heavy atom. The van der Waals surface area contributed by atoms with Crippen molar-refractivity contribution >= 4 is 16.7 Å². The second-order valence-electron chi connectivity index (χ2n) is 5.87. The van der Waals surface area contributed by atoms with Gasteiger partial charge < -0.3 is 10.1 Å². The minimum absolute atomic E-state index is 0.0423. The van der Waals surface area contributed by atoms with Crippen molar-refractivity contribution in [3.63, 3.8) is 0 Å². The van der Waals surface area contributed by atoms with Crippen molar-refractivity contribution in [2.75, 3.05) is 13.2 Å². The van der Waals surface area contributed by atoms with Crippen LogP contribution in [-0.2, 0) is 11.2 Å². The highest BCUT2D eigenvalue weighted by molar-refractivity contribution is 5.90. The lowest BCUT2D eigenvalue weighted by atomic mass is 10.0. The second kappa shape index (κ2) is 8.68. The molecule has 0 atom stereocenters. The van der Waals surface area contributed by atoms with Crippen LogP contribution in [-0.4, -0.2) is 24.0 Å². The van der Waals surface area contributed by atoms with E-state index < -0.39 is 0 Å². The van der Waals surface area contributed by atoms with E-state index in [4.69, 9.17) is 4.74 Å². The molecular weight excluding hydrogens is 324 g/mol. The Labute approximate surface area is 153 Å². The predicted octanol–water partition coefficient (Wildman–Crippen LogP) is 3.28. The van der Waals surface area contributed by atoms with Gasteiger partial charge in [-0.2, -0.15) is 0 Å². The van der Waals surface area contributed by atoms with Crippen LogP contribution in [0, 0.1) is 18.8 Å². The van der Waals surface area contributed by atoms with E-state index in [1.54, 1.807) is 6.20 Å². The van der Waals surface area contributed by atoms with Crippen molar-refractivity contribution in [2.45, 2.75) is 13.3 Å². The fraction of sp³-hybridized carbons (Fsp3) is 0.182. The number of carbonyl (C=O) groups excluding carboxylic acids is 1. The highest BCUT2D eigenvalue weighted by Gasteiger charge is 2.05. The number of benzene rings is 2. The van der Waals surface area contributed by atoms with Gasteiger partial charge in [-0.05, 0) is 35.4 Å². The lowest BCUT2D eigenvalue weighted by molar-refractivity contribution is -0.120. The summed E-state index contributed by atoms with van der Waals surface area (Å²) in [6, 6.07) is 17.8. The normalized spacial score (nSPS) is 10.0. The van der Waals surface area contributed by atoms with Gasteiger partial charge >= 0.3 is 0 Å². The quantitative estimate of drug-likeness (QED) is 0.723. The van der Waals surface area contributed by atoms with Crippen LogP contribution in [0.25, 0.3) is 10.8 Å². The molecule has 1 heterocycles. The fourth-order valence-corrected chi connectivity index (χ4v) is 2.60. The molecule has 1 amide bonds. The van der Waals surface area contributed by atoms with Crippen molar-refractivity contribution < 1.29 is 9.53 Å². The standard InChI is InChI=1S/C22H20N2O2/c1-17-11-12-20(16-24-17)26-14-5-4-13-23-22(25)15-19-9-6-8-18-7-2-3-10-21(18)19/h2-3,6-12,16H,13-15H2,1H3,(H,23,25). The molecule has 4 nitrogen and oxygen atoms in total. The SMILES string of the molecule is Cc1ccc(OCC#CCNC(=O)Cc2cccc3ccccc23)cn1. The first-order chi connectivity index (χ1) is 12.7. The third-order valence-electron chi connectivity index (χ3n) is 3.93. The smallest absolute Gasteiger partial charge is 0.225 e. The van der Waals surface area contributed by atoms with Gasteiger partial charge in [0.25, 0.3) is 0 Å². The van der Waals surface area contributed by atoms with Gasteiger partial charge in [-0.25, -0.2) is 0 Å². The summed E-state index contributed by atoms with van der Waals surface area (Å²) in [4.78, 5) is 16.3. The number of nitrogens with one attached hydrogen (secondary N) is 1. The van der Waals surface area contributed by atoms with E-state index in [2.05, 4.69) is 22.1 Å². The first kappa shape index (κ1) is 17.5. The second-order valence-corrected chi connectivity index (χ2v) is 5.87. The van der Waals surface area contributed by atoms with E-state index in [0.717, 1.165) is 22.0 Å². The van der Waals surface area contributed by atoms with Crippen LogP contribution >= 0.6 is 0 Å². The van der Waals surface area contributed by atoms with E-state index >= 15 is 0 Å².